The highest BCUT2D eigenvalue weighted by Gasteiger charge is 2.38. The fourth-order valence-electron chi connectivity index (χ4n) is 4.93. The summed E-state index contributed by atoms with van der Waals surface area (Å²) in [5.41, 5.74) is 1.45. The quantitative estimate of drug-likeness (QED) is 0.567. The van der Waals surface area contributed by atoms with E-state index in [-0.39, 0.29) is 17.5 Å². The normalized spacial score (nSPS) is 21.0. The lowest BCUT2D eigenvalue weighted by Crippen LogP contribution is -2.54. The largest absolute Gasteiger partial charge is 0.478 e. The van der Waals surface area contributed by atoms with Gasteiger partial charge in [-0.15, -0.1) is 0 Å². The van der Waals surface area contributed by atoms with Gasteiger partial charge in [-0.3, -0.25) is 9.69 Å². The number of β-amino-alcohol motifs (C(OH)–C–C–N with tert-alkyl or cyclic N) is 1. The maximum absolute atomic E-state index is 12.8. The van der Waals surface area contributed by atoms with Gasteiger partial charge in [-0.1, -0.05) is 11.6 Å². The number of aromatic nitrogens is 2. The van der Waals surface area contributed by atoms with Gasteiger partial charge < -0.3 is 20.0 Å². The highest BCUT2D eigenvalue weighted by Crippen LogP contribution is 2.30. The number of aryl methyl sites for hydroxylation is 1. The lowest BCUT2D eigenvalue weighted by molar-refractivity contribution is 0.0376. The van der Waals surface area contributed by atoms with Crippen LogP contribution in [0.1, 0.15) is 26.5 Å². The summed E-state index contributed by atoms with van der Waals surface area (Å²) in [5, 5.41) is 21.6. The number of hydrogen-bond acceptors (Lipinski definition) is 7. The molecule has 9 nitrogen and oxygen atoms in total. The van der Waals surface area contributed by atoms with Gasteiger partial charge >= 0.3 is 5.97 Å². The molecule has 0 spiro atoms. The van der Waals surface area contributed by atoms with Crippen LogP contribution in [0.3, 0.4) is 0 Å². The monoisotopic (exact) mass is 495 g/mol. The van der Waals surface area contributed by atoms with E-state index in [4.69, 9.17) is 11.6 Å². The van der Waals surface area contributed by atoms with Crippen LogP contribution in [-0.2, 0) is 0 Å². The molecule has 10 heteroatoms. The summed E-state index contributed by atoms with van der Waals surface area (Å²) in [6.07, 6.45) is -0.596. The number of fused-ring (bicyclic) bond motifs is 1. The number of benzene rings is 2. The number of aliphatic hydroxyl groups excluding tert-OH is 1. The maximum atomic E-state index is 12.8. The summed E-state index contributed by atoms with van der Waals surface area (Å²) in [4.78, 5) is 39.4. The van der Waals surface area contributed by atoms with Crippen molar-refractivity contribution in [3.63, 3.8) is 0 Å². The molecule has 2 aromatic carbocycles. The average molecular weight is 496 g/mol. The molecule has 0 radical (unpaired) electrons. The number of nitrogens with zero attached hydrogens (tertiary/aromatic N) is 5. The summed E-state index contributed by atoms with van der Waals surface area (Å²) >= 11 is 5.93. The van der Waals surface area contributed by atoms with Crippen LogP contribution in [0.2, 0.25) is 5.02 Å². The smallest absolute Gasteiger partial charge is 0.335 e. The molecule has 3 aromatic rings. The van der Waals surface area contributed by atoms with Crippen molar-refractivity contribution in [2.75, 3.05) is 44.2 Å². The minimum absolute atomic E-state index is 0.0212. The number of carboxylic acid groups (broad SMARTS) is 1. The van der Waals surface area contributed by atoms with E-state index in [0.717, 1.165) is 0 Å². The van der Waals surface area contributed by atoms with Crippen LogP contribution in [0.25, 0.3) is 10.9 Å². The lowest BCUT2D eigenvalue weighted by Gasteiger charge is -2.38. The number of rotatable bonds is 4. The van der Waals surface area contributed by atoms with Crippen molar-refractivity contribution in [2.24, 2.45) is 0 Å². The minimum atomic E-state index is -1.01. The number of halogens is 1. The average Bonchev–Trinajstić information content (AvgIpc) is 3.24. The summed E-state index contributed by atoms with van der Waals surface area (Å²) in [6, 6.07) is 11.6. The number of carbonyl (C=O) groups excluding carboxylic acids is 1. The summed E-state index contributed by atoms with van der Waals surface area (Å²) < 4.78 is 0. The number of hydrogen-bond donors (Lipinski definition) is 2. The molecule has 0 saturated carbocycles. The predicted octanol–water partition coefficient (Wildman–Crippen LogP) is 2.30. The first-order valence-electron chi connectivity index (χ1n) is 11.5. The van der Waals surface area contributed by atoms with Crippen LogP contribution >= 0.6 is 11.6 Å². The topological polar surface area (TPSA) is 110 Å². The second-order valence-corrected chi connectivity index (χ2v) is 9.44. The Balaban J connectivity index is 1.30. The number of carboxylic acids is 1. The molecular formula is C25H26ClN5O4. The molecule has 0 bridgehead atoms. The van der Waals surface area contributed by atoms with E-state index >= 15 is 0 Å². The molecule has 2 saturated heterocycles. The van der Waals surface area contributed by atoms with Crippen molar-refractivity contribution in [2.45, 2.75) is 19.1 Å². The van der Waals surface area contributed by atoms with E-state index < -0.39 is 12.1 Å². The van der Waals surface area contributed by atoms with Crippen molar-refractivity contribution in [3.8, 4) is 0 Å². The fourth-order valence-corrected chi connectivity index (χ4v) is 5.06. The van der Waals surface area contributed by atoms with E-state index in [9.17, 15) is 19.8 Å². The molecule has 35 heavy (non-hydrogen) atoms. The fraction of sp³-hybridized carbons (Fsp3) is 0.360. The van der Waals surface area contributed by atoms with Gasteiger partial charge in [0, 0.05) is 55.2 Å². The molecule has 3 heterocycles. The first-order valence-corrected chi connectivity index (χ1v) is 11.9. The van der Waals surface area contributed by atoms with E-state index in [1.165, 1.54) is 6.07 Å². The van der Waals surface area contributed by atoms with Crippen LogP contribution in [0.5, 0.6) is 0 Å². The highest BCUT2D eigenvalue weighted by atomic mass is 35.5. The van der Waals surface area contributed by atoms with E-state index in [1.807, 2.05) is 9.80 Å². The Morgan fingerprint density at radius 2 is 1.66 bits per heavy atom. The van der Waals surface area contributed by atoms with Crippen LogP contribution in [0, 0.1) is 6.92 Å². The first-order chi connectivity index (χ1) is 16.8. The molecular weight excluding hydrogens is 470 g/mol. The molecule has 5 rings (SSSR count). The standard InChI is InChI=1S/C25H26ClN5O4/c1-15-27-20-7-4-17(25(34)35)12-19(20)23(28-15)31-13-21(22(32)14-31)29-8-10-30(11-9-29)24(33)16-2-5-18(26)6-3-16/h2-7,12,21-22,32H,8-11,13-14H2,1H3,(H,34,35)/t21-,22-/m0/s1. The van der Waals surface area contributed by atoms with Gasteiger partial charge in [0.05, 0.1) is 23.2 Å². The maximum Gasteiger partial charge on any atom is 0.335 e. The van der Waals surface area contributed by atoms with Crippen LogP contribution in [0.15, 0.2) is 42.5 Å². The zero-order valence-electron chi connectivity index (χ0n) is 19.3. The molecule has 1 amide bonds. The Bertz CT molecular complexity index is 1280. The lowest BCUT2D eigenvalue weighted by atomic mass is 10.1. The summed E-state index contributed by atoms with van der Waals surface area (Å²) in [7, 11) is 0. The van der Waals surface area contributed by atoms with Crippen molar-refractivity contribution < 1.29 is 19.8 Å². The molecule has 0 aliphatic carbocycles. The third-order valence-electron chi connectivity index (χ3n) is 6.75. The molecule has 2 aliphatic heterocycles. The van der Waals surface area contributed by atoms with Crippen LogP contribution in [0.4, 0.5) is 5.82 Å². The molecule has 2 aliphatic rings. The van der Waals surface area contributed by atoms with E-state index in [1.54, 1.807) is 43.3 Å². The number of anilines is 1. The van der Waals surface area contributed by atoms with Crippen molar-refractivity contribution >= 4 is 40.2 Å². The van der Waals surface area contributed by atoms with Gasteiger partial charge in [0.1, 0.15) is 11.6 Å². The second kappa shape index (κ2) is 9.41. The Hall–Kier alpha value is -3.27. The highest BCUT2D eigenvalue weighted by molar-refractivity contribution is 6.30. The van der Waals surface area contributed by atoms with Gasteiger partial charge in [0.25, 0.3) is 5.91 Å². The Labute approximate surface area is 207 Å². The third-order valence-corrected chi connectivity index (χ3v) is 7.01. The Morgan fingerprint density at radius 3 is 2.34 bits per heavy atom. The van der Waals surface area contributed by atoms with Gasteiger partial charge in [0.15, 0.2) is 0 Å². The predicted molar refractivity (Wildman–Crippen MR) is 132 cm³/mol. The van der Waals surface area contributed by atoms with Gasteiger partial charge in [-0.25, -0.2) is 14.8 Å². The van der Waals surface area contributed by atoms with Crippen LogP contribution in [-0.4, -0.2) is 93.3 Å². The van der Waals surface area contributed by atoms with E-state index in [2.05, 4.69) is 14.9 Å². The zero-order valence-corrected chi connectivity index (χ0v) is 20.0. The summed E-state index contributed by atoms with van der Waals surface area (Å²) in [6.45, 7) is 5.19. The number of aliphatic hydroxyl groups is 1. The van der Waals surface area contributed by atoms with Crippen molar-refractivity contribution in [1.82, 2.24) is 19.8 Å². The number of piperazine rings is 1. The molecule has 2 atom stereocenters. The second-order valence-electron chi connectivity index (χ2n) is 9.01. The molecule has 2 fully saturated rings. The van der Waals surface area contributed by atoms with Gasteiger partial charge in [-0.2, -0.15) is 0 Å². The number of aromatic carboxylic acids is 1. The Kier molecular flexibility index (Phi) is 6.31. The van der Waals surface area contributed by atoms with Gasteiger partial charge in [0.2, 0.25) is 0 Å². The van der Waals surface area contributed by atoms with Crippen molar-refractivity contribution in [3.05, 3.63) is 64.4 Å². The number of amides is 1. The molecule has 182 valence electrons. The first kappa shape index (κ1) is 23.5. The molecule has 2 N–H and O–H groups in total. The zero-order chi connectivity index (χ0) is 24.7. The summed E-state index contributed by atoms with van der Waals surface area (Å²) in [5.74, 6) is 0.187. The third kappa shape index (κ3) is 4.67. The number of carbonyl (C=O) groups is 2. The SMILES string of the molecule is Cc1nc(N2C[C@H](O)[C@@H](N3CCN(C(=O)c4ccc(Cl)cc4)CC3)C2)c2cc(C(=O)O)ccc2n1. The van der Waals surface area contributed by atoms with Crippen molar-refractivity contribution in [1.29, 1.82) is 0 Å². The van der Waals surface area contributed by atoms with Crippen LogP contribution < -0.4 is 4.90 Å². The van der Waals surface area contributed by atoms with Gasteiger partial charge in [-0.05, 0) is 49.4 Å². The van der Waals surface area contributed by atoms with E-state index in [0.29, 0.717) is 72.4 Å². The Morgan fingerprint density at radius 1 is 0.971 bits per heavy atom. The molecule has 1 aromatic heterocycles. The minimum Gasteiger partial charge on any atom is -0.478 e. The molecule has 0 unspecified atom stereocenters.